The van der Waals surface area contributed by atoms with Crippen LogP contribution in [-0.4, -0.2) is 27.8 Å². The molecule has 1 heterocycles. The molecule has 1 N–H and O–H groups in total. The van der Waals surface area contributed by atoms with E-state index in [2.05, 4.69) is 10.3 Å². The number of ether oxygens (including phenoxy) is 1. The number of imidazole rings is 1. The van der Waals surface area contributed by atoms with Crippen molar-refractivity contribution in [1.82, 2.24) is 14.9 Å². The molecule has 0 aliphatic heterocycles. The molecule has 0 spiro atoms. The smallest absolute Gasteiger partial charge is 0.258 e. The Morgan fingerprint density at radius 2 is 2.04 bits per heavy atom. The lowest BCUT2D eigenvalue weighted by molar-refractivity contribution is -0.124. The number of aryl methyl sites for hydroxylation is 1. The van der Waals surface area contributed by atoms with Gasteiger partial charge in [0.1, 0.15) is 11.6 Å². The van der Waals surface area contributed by atoms with Gasteiger partial charge in [0.15, 0.2) is 12.4 Å². The van der Waals surface area contributed by atoms with Gasteiger partial charge in [0.25, 0.3) is 5.91 Å². The van der Waals surface area contributed by atoms with Gasteiger partial charge in [-0.25, -0.2) is 4.98 Å². The lowest BCUT2D eigenvalue weighted by atomic mass is 10.1. The minimum absolute atomic E-state index is 0.00151. The number of carbonyl (C=O) groups is 2. The molecule has 1 aromatic heterocycles. The summed E-state index contributed by atoms with van der Waals surface area (Å²) in [6.45, 7) is 1.45. The van der Waals surface area contributed by atoms with Gasteiger partial charge < -0.3 is 14.6 Å². The lowest BCUT2D eigenvalue weighted by Crippen LogP contribution is -2.35. The SMILES string of the molecule is CC(=O)c1ccc(OCC(=O)NC(c2nccn2C)C2CC2)cc1. The summed E-state index contributed by atoms with van der Waals surface area (Å²) < 4.78 is 7.44. The van der Waals surface area contributed by atoms with Crippen LogP contribution in [0.1, 0.15) is 42.0 Å². The van der Waals surface area contributed by atoms with Crippen molar-refractivity contribution in [1.29, 1.82) is 0 Å². The van der Waals surface area contributed by atoms with Crippen LogP contribution in [-0.2, 0) is 11.8 Å². The maximum atomic E-state index is 12.2. The van der Waals surface area contributed by atoms with Gasteiger partial charge in [0, 0.05) is 25.0 Å². The minimum Gasteiger partial charge on any atom is -0.484 e. The zero-order chi connectivity index (χ0) is 17.1. The van der Waals surface area contributed by atoms with Crippen molar-refractivity contribution in [2.24, 2.45) is 13.0 Å². The second-order valence-electron chi connectivity index (χ2n) is 6.15. The van der Waals surface area contributed by atoms with Crippen LogP contribution in [0.2, 0.25) is 0 Å². The highest BCUT2D eigenvalue weighted by molar-refractivity contribution is 5.94. The topological polar surface area (TPSA) is 73.2 Å². The molecule has 126 valence electrons. The van der Waals surface area contributed by atoms with E-state index in [1.807, 2.05) is 17.8 Å². The zero-order valence-electron chi connectivity index (χ0n) is 13.9. The van der Waals surface area contributed by atoms with Gasteiger partial charge in [-0.05, 0) is 49.9 Å². The van der Waals surface area contributed by atoms with Crippen molar-refractivity contribution < 1.29 is 14.3 Å². The van der Waals surface area contributed by atoms with Gasteiger partial charge >= 0.3 is 0 Å². The molecule has 1 amide bonds. The van der Waals surface area contributed by atoms with E-state index in [-0.39, 0.29) is 24.3 Å². The normalized spacial score (nSPS) is 14.9. The largest absolute Gasteiger partial charge is 0.484 e. The van der Waals surface area contributed by atoms with E-state index < -0.39 is 0 Å². The molecule has 24 heavy (non-hydrogen) atoms. The van der Waals surface area contributed by atoms with E-state index in [9.17, 15) is 9.59 Å². The maximum absolute atomic E-state index is 12.2. The summed E-state index contributed by atoms with van der Waals surface area (Å²) in [5.74, 6) is 1.71. The van der Waals surface area contributed by atoms with Crippen molar-refractivity contribution in [3.05, 3.63) is 48.0 Å². The third-order valence-electron chi connectivity index (χ3n) is 4.18. The van der Waals surface area contributed by atoms with Crippen molar-refractivity contribution in [3.63, 3.8) is 0 Å². The molecule has 6 heteroatoms. The predicted molar refractivity (Wildman–Crippen MR) is 88.8 cm³/mol. The van der Waals surface area contributed by atoms with Gasteiger partial charge in [-0.3, -0.25) is 9.59 Å². The summed E-state index contributed by atoms with van der Waals surface area (Å²) in [5.41, 5.74) is 0.621. The minimum atomic E-state index is -0.175. The summed E-state index contributed by atoms with van der Waals surface area (Å²) in [4.78, 5) is 27.8. The number of carbonyl (C=O) groups excluding carboxylic acids is 2. The Kier molecular flexibility index (Phi) is 4.64. The first kappa shape index (κ1) is 16.2. The van der Waals surface area contributed by atoms with E-state index in [1.54, 1.807) is 30.5 Å². The number of ketones is 1. The number of Topliss-reactive ketones (excluding diaryl/α,β-unsaturated/α-hetero) is 1. The molecule has 0 saturated heterocycles. The predicted octanol–water partition coefficient (Wildman–Crippen LogP) is 2.27. The Morgan fingerprint density at radius 3 is 2.58 bits per heavy atom. The monoisotopic (exact) mass is 327 g/mol. The van der Waals surface area contributed by atoms with Crippen LogP contribution >= 0.6 is 0 Å². The Labute approximate surface area is 140 Å². The summed E-state index contributed by atoms with van der Waals surface area (Å²) >= 11 is 0. The summed E-state index contributed by atoms with van der Waals surface area (Å²) in [6, 6.07) is 6.70. The van der Waals surface area contributed by atoms with Crippen LogP contribution in [0.5, 0.6) is 5.75 Å². The second kappa shape index (κ2) is 6.86. The Hall–Kier alpha value is -2.63. The number of aromatic nitrogens is 2. The van der Waals surface area contributed by atoms with E-state index in [0.717, 1.165) is 18.7 Å². The third kappa shape index (κ3) is 3.82. The molecular weight excluding hydrogens is 306 g/mol. The number of nitrogens with one attached hydrogen (secondary N) is 1. The quantitative estimate of drug-likeness (QED) is 0.792. The average Bonchev–Trinajstić information content (AvgIpc) is 3.32. The number of nitrogens with zero attached hydrogens (tertiary/aromatic N) is 2. The van der Waals surface area contributed by atoms with Gasteiger partial charge in [-0.15, -0.1) is 0 Å². The maximum Gasteiger partial charge on any atom is 0.258 e. The van der Waals surface area contributed by atoms with E-state index in [0.29, 0.717) is 17.2 Å². The van der Waals surface area contributed by atoms with Crippen molar-refractivity contribution in [3.8, 4) is 5.75 Å². The molecule has 2 aromatic rings. The fourth-order valence-electron chi connectivity index (χ4n) is 2.65. The highest BCUT2D eigenvalue weighted by Crippen LogP contribution is 2.40. The van der Waals surface area contributed by atoms with Gasteiger partial charge in [-0.2, -0.15) is 0 Å². The van der Waals surface area contributed by atoms with Crippen LogP contribution in [0.25, 0.3) is 0 Å². The second-order valence-corrected chi connectivity index (χ2v) is 6.15. The standard InChI is InChI=1S/C18H21N3O3/c1-12(22)13-5-7-15(8-6-13)24-11-16(23)20-17(14-3-4-14)18-19-9-10-21(18)2/h5-10,14,17H,3-4,11H2,1-2H3,(H,20,23). The summed E-state index contributed by atoms with van der Waals surface area (Å²) in [6.07, 6.45) is 5.82. The highest BCUT2D eigenvalue weighted by atomic mass is 16.5. The van der Waals surface area contributed by atoms with Crippen LogP contribution in [0.15, 0.2) is 36.7 Å². The molecule has 6 nitrogen and oxygen atoms in total. The first-order valence-electron chi connectivity index (χ1n) is 8.05. The summed E-state index contributed by atoms with van der Waals surface area (Å²) in [5, 5.41) is 3.02. The number of benzene rings is 1. The average molecular weight is 327 g/mol. The van der Waals surface area contributed by atoms with Crippen LogP contribution in [0, 0.1) is 5.92 Å². The lowest BCUT2D eigenvalue weighted by Gasteiger charge is -2.18. The molecule has 1 atom stereocenters. The molecule has 1 aromatic carbocycles. The Bertz CT molecular complexity index is 732. The molecule has 3 rings (SSSR count). The Balaban J connectivity index is 1.56. The zero-order valence-corrected chi connectivity index (χ0v) is 13.9. The van der Waals surface area contributed by atoms with Crippen LogP contribution in [0.4, 0.5) is 0 Å². The molecular formula is C18H21N3O3. The third-order valence-corrected chi connectivity index (χ3v) is 4.18. The first-order valence-corrected chi connectivity index (χ1v) is 8.05. The molecule has 1 fully saturated rings. The van der Waals surface area contributed by atoms with E-state index in [4.69, 9.17) is 4.74 Å². The number of hydrogen-bond donors (Lipinski definition) is 1. The van der Waals surface area contributed by atoms with Gasteiger partial charge in [0.05, 0.1) is 6.04 Å². The van der Waals surface area contributed by atoms with Gasteiger partial charge in [0.2, 0.25) is 0 Å². The van der Waals surface area contributed by atoms with Gasteiger partial charge in [-0.1, -0.05) is 0 Å². The fraction of sp³-hybridized carbons (Fsp3) is 0.389. The van der Waals surface area contributed by atoms with E-state index in [1.165, 1.54) is 6.92 Å². The number of hydrogen-bond acceptors (Lipinski definition) is 4. The van der Waals surface area contributed by atoms with E-state index >= 15 is 0 Å². The van der Waals surface area contributed by atoms with Crippen molar-refractivity contribution in [2.75, 3.05) is 6.61 Å². The Morgan fingerprint density at radius 1 is 1.33 bits per heavy atom. The van der Waals surface area contributed by atoms with Crippen LogP contribution in [0.3, 0.4) is 0 Å². The number of amides is 1. The molecule has 1 aliphatic carbocycles. The molecule has 1 saturated carbocycles. The summed E-state index contributed by atoms with van der Waals surface area (Å²) in [7, 11) is 1.93. The first-order chi connectivity index (χ1) is 11.5. The molecule has 1 unspecified atom stereocenters. The number of rotatable bonds is 7. The molecule has 1 aliphatic rings. The molecule has 0 bridgehead atoms. The van der Waals surface area contributed by atoms with Crippen LogP contribution < -0.4 is 10.1 Å². The van der Waals surface area contributed by atoms with Crippen molar-refractivity contribution in [2.45, 2.75) is 25.8 Å². The molecule has 0 radical (unpaired) electrons. The van der Waals surface area contributed by atoms with Crippen molar-refractivity contribution >= 4 is 11.7 Å². The highest BCUT2D eigenvalue weighted by Gasteiger charge is 2.35. The fourth-order valence-corrected chi connectivity index (χ4v) is 2.65.